The third-order valence-electron chi connectivity index (χ3n) is 4.29. The Balaban J connectivity index is 1.81. The van der Waals surface area contributed by atoms with Gasteiger partial charge in [0, 0.05) is 39.3 Å². The molecule has 6 heteroatoms. The van der Waals surface area contributed by atoms with Gasteiger partial charge < -0.3 is 15.1 Å². The van der Waals surface area contributed by atoms with Crippen molar-refractivity contribution in [2.75, 3.05) is 52.9 Å². The van der Waals surface area contributed by atoms with E-state index in [-0.39, 0.29) is 17.9 Å². The summed E-state index contributed by atoms with van der Waals surface area (Å²) in [5.74, 6) is 0.271. The maximum atomic E-state index is 12.3. The van der Waals surface area contributed by atoms with Gasteiger partial charge in [-0.15, -0.1) is 0 Å². The van der Waals surface area contributed by atoms with E-state index in [0.29, 0.717) is 6.54 Å². The van der Waals surface area contributed by atoms with Crippen LogP contribution in [0.3, 0.4) is 0 Å². The van der Waals surface area contributed by atoms with E-state index in [9.17, 15) is 9.59 Å². The molecule has 2 aliphatic rings. The van der Waals surface area contributed by atoms with E-state index in [1.54, 1.807) is 0 Å². The van der Waals surface area contributed by atoms with Gasteiger partial charge in [0.1, 0.15) is 0 Å². The number of rotatable bonds is 4. The van der Waals surface area contributed by atoms with E-state index in [2.05, 4.69) is 5.32 Å². The fourth-order valence-electron chi connectivity index (χ4n) is 2.75. The van der Waals surface area contributed by atoms with Gasteiger partial charge in [0.15, 0.2) is 0 Å². The Morgan fingerprint density at radius 2 is 1.70 bits per heavy atom. The third kappa shape index (κ3) is 3.70. The number of nitrogens with zero attached hydrogens (tertiary/aromatic N) is 3. The SMILES string of the molecule is CC(C(=O)N1CCCC1)N(C)CC(=O)N1CCNCC1. The molecule has 1 N–H and O–H groups in total. The first-order valence-corrected chi connectivity index (χ1v) is 7.57. The predicted molar refractivity (Wildman–Crippen MR) is 77.4 cm³/mol. The minimum absolute atomic E-state index is 0.120. The number of hydrogen-bond donors (Lipinski definition) is 1. The molecule has 1 unspecified atom stereocenters. The Labute approximate surface area is 121 Å². The minimum atomic E-state index is -0.222. The zero-order chi connectivity index (χ0) is 14.5. The van der Waals surface area contributed by atoms with Crippen LogP contribution in [-0.2, 0) is 9.59 Å². The zero-order valence-corrected chi connectivity index (χ0v) is 12.6. The van der Waals surface area contributed by atoms with E-state index in [1.807, 2.05) is 28.7 Å². The number of hydrogen-bond acceptors (Lipinski definition) is 4. The predicted octanol–water partition coefficient (Wildman–Crippen LogP) is -0.639. The van der Waals surface area contributed by atoms with Crippen molar-refractivity contribution >= 4 is 11.8 Å². The van der Waals surface area contributed by atoms with Crippen molar-refractivity contribution in [3.8, 4) is 0 Å². The van der Waals surface area contributed by atoms with E-state index >= 15 is 0 Å². The molecule has 2 fully saturated rings. The van der Waals surface area contributed by atoms with Crippen LogP contribution in [0.2, 0.25) is 0 Å². The van der Waals surface area contributed by atoms with Gasteiger partial charge in [-0.2, -0.15) is 0 Å². The zero-order valence-electron chi connectivity index (χ0n) is 12.6. The highest BCUT2D eigenvalue weighted by Gasteiger charge is 2.28. The number of piperazine rings is 1. The molecule has 2 aliphatic heterocycles. The minimum Gasteiger partial charge on any atom is -0.341 e. The number of likely N-dealkylation sites (N-methyl/N-ethyl adjacent to an activating group) is 1. The van der Waals surface area contributed by atoms with Gasteiger partial charge in [-0.3, -0.25) is 14.5 Å². The Hall–Kier alpha value is -1.14. The molecule has 0 saturated carbocycles. The topological polar surface area (TPSA) is 55.9 Å². The molecule has 0 aromatic heterocycles. The molecule has 0 aromatic rings. The second-order valence-corrected chi connectivity index (χ2v) is 5.75. The molecule has 1 atom stereocenters. The second kappa shape index (κ2) is 7.04. The van der Waals surface area contributed by atoms with E-state index < -0.39 is 0 Å². The fraction of sp³-hybridized carbons (Fsp3) is 0.857. The number of likely N-dealkylation sites (tertiary alicyclic amines) is 1. The van der Waals surface area contributed by atoms with Gasteiger partial charge in [0.2, 0.25) is 11.8 Å². The summed E-state index contributed by atoms with van der Waals surface area (Å²) in [5, 5.41) is 3.23. The lowest BCUT2D eigenvalue weighted by atomic mass is 10.2. The maximum Gasteiger partial charge on any atom is 0.239 e. The van der Waals surface area contributed by atoms with Crippen LogP contribution < -0.4 is 5.32 Å². The van der Waals surface area contributed by atoms with Gasteiger partial charge in [-0.25, -0.2) is 0 Å². The van der Waals surface area contributed by atoms with Gasteiger partial charge >= 0.3 is 0 Å². The lowest BCUT2D eigenvalue weighted by Gasteiger charge is -2.31. The summed E-state index contributed by atoms with van der Waals surface area (Å²) in [5.41, 5.74) is 0. The summed E-state index contributed by atoms with van der Waals surface area (Å²) in [7, 11) is 1.86. The highest BCUT2D eigenvalue weighted by atomic mass is 16.2. The van der Waals surface area contributed by atoms with Crippen LogP contribution in [-0.4, -0.2) is 85.4 Å². The Morgan fingerprint density at radius 1 is 1.10 bits per heavy atom. The molecule has 2 saturated heterocycles. The summed E-state index contributed by atoms with van der Waals surface area (Å²) in [4.78, 5) is 30.1. The summed E-state index contributed by atoms with van der Waals surface area (Å²) in [6, 6.07) is -0.222. The van der Waals surface area contributed by atoms with Crippen LogP contribution in [0.4, 0.5) is 0 Å². The van der Waals surface area contributed by atoms with Crippen LogP contribution in [0, 0.1) is 0 Å². The van der Waals surface area contributed by atoms with Crippen LogP contribution in [0.15, 0.2) is 0 Å². The van der Waals surface area contributed by atoms with Crippen molar-refractivity contribution in [1.82, 2.24) is 20.0 Å². The number of carbonyl (C=O) groups excluding carboxylic acids is 2. The van der Waals surface area contributed by atoms with Gasteiger partial charge in [-0.05, 0) is 26.8 Å². The standard InChI is InChI=1S/C14H26N4O2/c1-12(14(20)18-7-3-4-8-18)16(2)11-13(19)17-9-5-15-6-10-17/h12,15H,3-11H2,1-2H3. The van der Waals surface area contributed by atoms with Crippen LogP contribution in [0.25, 0.3) is 0 Å². The molecular formula is C14H26N4O2. The average molecular weight is 282 g/mol. The number of nitrogens with one attached hydrogen (secondary N) is 1. The molecule has 6 nitrogen and oxygen atoms in total. The normalized spacial score (nSPS) is 21.4. The molecule has 2 rings (SSSR count). The van der Waals surface area contributed by atoms with E-state index in [1.165, 1.54) is 0 Å². The average Bonchev–Trinajstić information content (AvgIpc) is 3.00. The van der Waals surface area contributed by atoms with Crippen molar-refractivity contribution in [3.05, 3.63) is 0 Å². The monoisotopic (exact) mass is 282 g/mol. The largest absolute Gasteiger partial charge is 0.341 e. The van der Waals surface area contributed by atoms with Crippen molar-refractivity contribution in [1.29, 1.82) is 0 Å². The molecule has 114 valence electrons. The van der Waals surface area contributed by atoms with Gasteiger partial charge in [-0.1, -0.05) is 0 Å². The molecule has 2 heterocycles. The highest BCUT2D eigenvalue weighted by molar-refractivity contribution is 5.83. The van der Waals surface area contributed by atoms with Crippen LogP contribution in [0.1, 0.15) is 19.8 Å². The second-order valence-electron chi connectivity index (χ2n) is 5.75. The Bertz CT molecular complexity index is 349. The smallest absolute Gasteiger partial charge is 0.239 e. The number of amides is 2. The molecular weight excluding hydrogens is 256 g/mol. The van der Waals surface area contributed by atoms with E-state index in [4.69, 9.17) is 0 Å². The maximum absolute atomic E-state index is 12.3. The summed E-state index contributed by atoms with van der Waals surface area (Å²) in [6.07, 6.45) is 2.20. The van der Waals surface area contributed by atoms with Crippen molar-refractivity contribution in [3.63, 3.8) is 0 Å². The first-order chi connectivity index (χ1) is 9.59. The summed E-state index contributed by atoms with van der Waals surface area (Å²) < 4.78 is 0. The van der Waals surface area contributed by atoms with Gasteiger partial charge in [0.25, 0.3) is 0 Å². The lowest BCUT2D eigenvalue weighted by Crippen LogP contribution is -2.52. The van der Waals surface area contributed by atoms with Crippen molar-refractivity contribution in [2.24, 2.45) is 0 Å². The fourth-order valence-corrected chi connectivity index (χ4v) is 2.75. The molecule has 0 spiro atoms. The van der Waals surface area contributed by atoms with Crippen molar-refractivity contribution < 1.29 is 9.59 Å². The Morgan fingerprint density at radius 3 is 2.30 bits per heavy atom. The molecule has 0 aliphatic carbocycles. The number of carbonyl (C=O) groups is 2. The molecule has 2 amide bonds. The van der Waals surface area contributed by atoms with Gasteiger partial charge in [0.05, 0.1) is 12.6 Å². The quantitative estimate of drug-likeness (QED) is 0.745. The highest BCUT2D eigenvalue weighted by Crippen LogP contribution is 2.11. The molecule has 0 radical (unpaired) electrons. The first-order valence-electron chi connectivity index (χ1n) is 7.57. The molecule has 20 heavy (non-hydrogen) atoms. The van der Waals surface area contributed by atoms with Crippen LogP contribution in [0.5, 0.6) is 0 Å². The van der Waals surface area contributed by atoms with E-state index in [0.717, 1.165) is 52.1 Å². The molecule has 0 aromatic carbocycles. The Kier molecular flexibility index (Phi) is 5.37. The van der Waals surface area contributed by atoms with Crippen molar-refractivity contribution in [2.45, 2.75) is 25.8 Å². The molecule has 0 bridgehead atoms. The first kappa shape index (κ1) is 15.3. The summed E-state index contributed by atoms with van der Waals surface area (Å²) >= 11 is 0. The lowest BCUT2D eigenvalue weighted by molar-refractivity contribution is -0.138. The third-order valence-corrected chi connectivity index (χ3v) is 4.29. The summed E-state index contributed by atoms with van der Waals surface area (Å²) in [6.45, 7) is 7.19. The van der Waals surface area contributed by atoms with Crippen LogP contribution >= 0.6 is 0 Å².